The Morgan fingerprint density at radius 2 is 2.00 bits per heavy atom. The first-order valence-electron chi connectivity index (χ1n) is 7.95. The normalized spacial score (nSPS) is 13.4. The number of rotatable bonds is 3. The number of H-pyrrole nitrogens is 1. The number of carbonyl (C=O) groups excluding carboxylic acids is 1. The fourth-order valence-electron chi connectivity index (χ4n) is 3.11. The number of aromatic amines is 1. The van der Waals surface area contributed by atoms with Crippen LogP contribution in [0.5, 0.6) is 0 Å². The van der Waals surface area contributed by atoms with Gasteiger partial charge in [0.1, 0.15) is 0 Å². The van der Waals surface area contributed by atoms with Crippen LogP contribution in [0, 0.1) is 0 Å². The third kappa shape index (κ3) is 2.87. The van der Waals surface area contributed by atoms with Crippen LogP contribution in [0.15, 0.2) is 47.3 Å². The molecule has 6 heteroatoms. The number of anilines is 1. The second-order valence-electron chi connectivity index (χ2n) is 6.24. The van der Waals surface area contributed by atoms with Gasteiger partial charge in [0, 0.05) is 52.9 Å². The zero-order valence-electron chi connectivity index (χ0n) is 13.6. The molecule has 0 unspecified atom stereocenters. The highest BCUT2D eigenvalue weighted by atomic mass is 35.5. The Morgan fingerprint density at radius 3 is 2.84 bits per heavy atom. The van der Waals surface area contributed by atoms with Crippen molar-refractivity contribution in [2.24, 2.45) is 0 Å². The van der Waals surface area contributed by atoms with Gasteiger partial charge in [-0.25, -0.2) is 0 Å². The van der Waals surface area contributed by atoms with Gasteiger partial charge in [-0.3, -0.25) is 9.59 Å². The average Bonchev–Trinajstić information content (AvgIpc) is 2.87. The minimum atomic E-state index is -0.140. The van der Waals surface area contributed by atoms with E-state index in [0.717, 1.165) is 22.2 Å². The molecule has 0 bridgehead atoms. The second kappa shape index (κ2) is 5.93. The lowest BCUT2D eigenvalue weighted by Gasteiger charge is -2.08. The van der Waals surface area contributed by atoms with E-state index in [-0.39, 0.29) is 11.5 Å². The SMILES string of the molecule is CN1Cc2ccc(NCc3cc4cc(Cl)ccc4[nH]c3=O)cc2C1=O. The Balaban J connectivity index is 1.60. The standard InChI is InChI=1S/C19H16ClN3O2/c1-23-10-11-2-4-15(8-16(11)19(23)25)21-9-13-6-12-7-14(20)3-5-17(12)22-18(13)24/h2-8,21H,9-10H2,1H3,(H,22,24). The van der Waals surface area contributed by atoms with Crippen LogP contribution in [0.1, 0.15) is 21.5 Å². The Kier molecular flexibility index (Phi) is 3.73. The van der Waals surface area contributed by atoms with Crippen LogP contribution in [0.25, 0.3) is 10.9 Å². The zero-order valence-corrected chi connectivity index (χ0v) is 14.4. The highest BCUT2D eigenvalue weighted by Crippen LogP contribution is 2.25. The van der Waals surface area contributed by atoms with Crippen molar-refractivity contribution in [3.63, 3.8) is 0 Å². The first kappa shape index (κ1) is 15.7. The molecule has 0 fully saturated rings. The minimum absolute atomic E-state index is 0.0249. The summed E-state index contributed by atoms with van der Waals surface area (Å²) in [5.74, 6) is 0.0249. The van der Waals surface area contributed by atoms with Crippen LogP contribution >= 0.6 is 11.6 Å². The number of hydrogen-bond acceptors (Lipinski definition) is 3. The Labute approximate surface area is 149 Å². The van der Waals surface area contributed by atoms with Crippen LogP contribution in [0.4, 0.5) is 5.69 Å². The maximum Gasteiger partial charge on any atom is 0.254 e. The van der Waals surface area contributed by atoms with Crippen molar-refractivity contribution >= 4 is 34.1 Å². The molecule has 2 heterocycles. The van der Waals surface area contributed by atoms with E-state index in [0.29, 0.717) is 29.2 Å². The Hall–Kier alpha value is -2.79. The zero-order chi connectivity index (χ0) is 17.6. The number of carbonyl (C=O) groups is 1. The van der Waals surface area contributed by atoms with E-state index in [1.807, 2.05) is 30.3 Å². The van der Waals surface area contributed by atoms with Crippen molar-refractivity contribution in [2.45, 2.75) is 13.1 Å². The summed E-state index contributed by atoms with van der Waals surface area (Å²) < 4.78 is 0. The fourth-order valence-corrected chi connectivity index (χ4v) is 3.29. The van der Waals surface area contributed by atoms with Crippen molar-refractivity contribution < 1.29 is 4.79 Å². The molecule has 1 amide bonds. The first-order valence-corrected chi connectivity index (χ1v) is 8.33. The molecule has 0 saturated heterocycles. The number of amides is 1. The van der Waals surface area contributed by atoms with Gasteiger partial charge in [0.25, 0.3) is 11.5 Å². The molecule has 3 aromatic rings. The molecule has 0 aliphatic carbocycles. The molecule has 1 aliphatic heterocycles. The van der Waals surface area contributed by atoms with Gasteiger partial charge >= 0.3 is 0 Å². The van der Waals surface area contributed by atoms with Crippen LogP contribution in [-0.2, 0) is 13.1 Å². The molecule has 1 aliphatic rings. The smallest absolute Gasteiger partial charge is 0.254 e. The second-order valence-corrected chi connectivity index (χ2v) is 6.68. The van der Waals surface area contributed by atoms with Gasteiger partial charge in [0.2, 0.25) is 0 Å². The van der Waals surface area contributed by atoms with Gasteiger partial charge in [0.05, 0.1) is 0 Å². The molecular weight excluding hydrogens is 338 g/mol. The molecule has 2 aromatic carbocycles. The molecule has 25 heavy (non-hydrogen) atoms. The largest absolute Gasteiger partial charge is 0.381 e. The summed E-state index contributed by atoms with van der Waals surface area (Å²) in [7, 11) is 1.79. The Morgan fingerprint density at radius 1 is 1.16 bits per heavy atom. The van der Waals surface area contributed by atoms with Crippen molar-refractivity contribution in [1.82, 2.24) is 9.88 Å². The van der Waals surface area contributed by atoms with Gasteiger partial charge in [0.15, 0.2) is 0 Å². The van der Waals surface area contributed by atoms with Gasteiger partial charge < -0.3 is 15.2 Å². The summed E-state index contributed by atoms with van der Waals surface area (Å²) in [4.78, 5) is 28.9. The van der Waals surface area contributed by atoms with E-state index in [1.54, 1.807) is 24.1 Å². The topological polar surface area (TPSA) is 65.2 Å². The summed E-state index contributed by atoms with van der Waals surface area (Å²) in [6.45, 7) is 1.00. The number of pyridine rings is 1. The van der Waals surface area contributed by atoms with E-state index in [9.17, 15) is 9.59 Å². The predicted octanol–water partition coefficient (Wildman–Crippen LogP) is 3.38. The van der Waals surface area contributed by atoms with Crippen molar-refractivity contribution in [1.29, 1.82) is 0 Å². The maximum atomic E-state index is 12.2. The van der Waals surface area contributed by atoms with Gasteiger partial charge in [-0.05, 0) is 42.0 Å². The first-order chi connectivity index (χ1) is 12.0. The number of nitrogens with zero attached hydrogens (tertiary/aromatic N) is 1. The molecule has 0 saturated carbocycles. The maximum absolute atomic E-state index is 12.2. The van der Waals surface area contributed by atoms with Crippen LogP contribution < -0.4 is 10.9 Å². The average molecular weight is 354 g/mol. The fraction of sp³-hybridized carbons (Fsp3) is 0.158. The lowest BCUT2D eigenvalue weighted by atomic mass is 10.1. The van der Waals surface area contributed by atoms with Gasteiger partial charge in [-0.1, -0.05) is 17.7 Å². The summed E-state index contributed by atoms with van der Waals surface area (Å²) in [5, 5.41) is 4.73. The molecule has 5 nitrogen and oxygen atoms in total. The molecular formula is C19H16ClN3O2. The van der Waals surface area contributed by atoms with E-state index in [2.05, 4.69) is 10.3 Å². The molecule has 0 atom stereocenters. The van der Waals surface area contributed by atoms with E-state index in [1.165, 1.54) is 0 Å². The van der Waals surface area contributed by atoms with Crippen molar-refractivity contribution in [3.05, 3.63) is 74.5 Å². The monoisotopic (exact) mass is 353 g/mol. The number of benzene rings is 2. The lowest BCUT2D eigenvalue weighted by Crippen LogP contribution is -2.17. The summed E-state index contributed by atoms with van der Waals surface area (Å²) in [6, 6.07) is 12.9. The van der Waals surface area contributed by atoms with Crippen LogP contribution in [0.3, 0.4) is 0 Å². The van der Waals surface area contributed by atoms with Crippen molar-refractivity contribution in [2.75, 3.05) is 12.4 Å². The molecule has 0 spiro atoms. The summed E-state index contributed by atoms with van der Waals surface area (Å²) in [5.41, 5.74) is 3.78. The Bertz CT molecular complexity index is 1060. The number of halogens is 1. The van der Waals surface area contributed by atoms with E-state index >= 15 is 0 Å². The van der Waals surface area contributed by atoms with Gasteiger partial charge in [-0.2, -0.15) is 0 Å². The van der Waals surface area contributed by atoms with E-state index in [4.69, 9.17) is 11.6 Å². The van der Waals surface area contributed by atoms with Crippen LogP contribution in [0.2, 0.25) is 5.02 Å². The highest BCUT2D eigenvalue weighted by Gasteiger charge is 2.24. The number of fused-ring (bicyclic) bond motifs is 2. The van der Waals surface area contributed by atoms with Crippen LogP contribution in [-0.4, -0.2) is 22.8 Å². The quantitative estimate of drug-likeness (QED) is 0.758. The highest BCUT2D eigenvalue weighted by molar-refractivity contribution is 6.31. The van der Waals surface area contributed by atoms with Crippen molar-refractivity contribution in [3.8, 4) is 0 Å². The number of hydrogen-bond donors (Lipinski definition) is 2. The minimum Gasteiger partial charge on any atom is -0.381 e. The molecule has 0 radical (unpaired) electrons. The molecule has 2 N–H and O–H groups in total. The number of aromatic nitrogens is 1. The third-order valence-electron chi connectivity index (χ3n) is 4.46. The molecule has 1 aromatic heterocycles. The lowest BCUT2D eigenvalue weighted by molar-refractivity contribution is 0.0816. The summed E-state index contributed by atoms with van der Waals surface area (Å²) >= 11 is 6.02. The predicted molar refractivity (Wildman–Crippen MR) is 99.1 cm³/mol. The van der Waals surface area contributed by atoms with E-state index < -0.39 is 0 Å². The molecule has 126 valence electrons. The van der Waals surface area contributed by atoms with Gasteiger partial charge in [-0.15, -0.1) is 0 Å². The molecule has 4 rings (SSSR count). The third-order valence-corrected chi connectivity index (χ3v) is 4.70. The number of nitrogens with one attached hydrogen (secondary N) is 2. The summed E-state index contributed by atoms with van der Waals surface area (Å²) in [6.07, 6.45) is 0.